The molecule has 0 saturated carbocycles. The van der Waals surface area contributed by atoms with Crippen LogP contribution in [0.2, 0.25) is 0 Å². The van der Waals surface area contributed by atoms with Crippen molar-refractivity contribution in [2.24, 2.45) is 4.40 Å². The van der Waals surface area contributed by atoms with Crippen LogP contribution < -0.4 is 0 Å². The molecule has 0 spiro atoms. The van der Waals surface area contributed by atoms with E-state index in [0.717, 1.165) is 0 Å². The van der Waals surface area contributed by atoms with Crippen LogP contribution in [0.5, 0.6) is 0 Å². The third kappa shape index (κ3) is 4.75. The zero-order valence-electron chi connectivity index (χ0n) is 9.21. The molecule has 0 aliphatic carbocycles. The maximum atomic E-state index is 11.5. The molecule has 0 bridgehead atoms. The van der Waals surface area contributed by atoms with E-state index in [1.54, 1.807) is 20.8 Å². The molecule has 0 amide bonds. The van der Waals surface area contributed by atoms with E-state index in [1.165, 1.54) is 0 Å². The molecule has 0 aromatic heterocycles. The first-order valence-electron chi connectivity index (χ1n) is 4.25. The smallest absolute Gasteiger partial charge is 0.162 e. The highest BCUT2D eigenvalue weighted by Gasteiger charge is 2.38. The molecule has 9 heteroatoms. The first-order valence-corrected chi connectivity index (χ1v) is 5.36. The highest BCUT2D eigenvalue weighted by atomic mass is 32.2. The standard InChI is InChI=1S/C7H13B2NO5S/c1-5(2,3)16(15)10-4(6(8,11)12)7(9,13)14/h11-14H,1-3H3. The Hall–Kier alpha value is -0.210. The number of hydrogen-bond donors (Lipinski definition) is 4. The van der Waals surface area contributed by atoms with Gasteiger partial charge >= 0.3 is 0 Å². The number of hydrogen-bond acceptors (Lipinski definition) is 5. The first-order chi connectivity index (χ1) is 6.76. The molecule has 0 aromatic carbocycles. The van der Waals surface area contributed by atoms with E-state index in [1.807, 2.05) is 0 Å². The second-order valence-electron chi connectivity index (χ2n) is 4.25. The maximum Gasteiger partial charge on any atom is 0.162 e. The zero-order chi connectivity index (χ0) is 13.4. The van der Waals surface area contributed by atoms with Gasteiger partial charge in [0.25, 0.3) is 0 Å². The summed E-state index contributed by atoms with van der Waals surface area (Å²) >= 11 is 0. The Morgan fingerprint density at radius 2 is 1.38 bits per heavy atom. The Labute approximate surface area is 98.8 Å². The van der Waals surface area contributed by atoms with Crippen LogP contribution in [0.25, 0.3) is 0 Å². The van der Waals surface area contributed by atoms with E-state index in [-0.39, 0.29) is 0 Å². The molecule has 6 nitrogen and oxygen atoms in total. The molecular formula is C7H13B2NO5S. The molecule has 1 unspecified atom stereocenters. The fourth-order valence-electron chi connectivity index (χ4n) is 0.625. The minimum Gasteiger partial charge on any atom is -0.369 e. The highest BCUT2D eigenvalue weighted by Crippen LogP contribution is 2.16. The van der Waals surface area contributed by atoms with Crippen LogP contribution in [0.15, 0.2) is 4.40 Å². The molecule has 0 aliphatic heterocycles. The van der Waals surface area contributed by atoms with Crippen LogP contribution in [0.3, 0.4) is 0 Å². The highest BCUT2D eigenvalue weighted by molar-refractivity contribution is 7.85. The van der Waals surface area contributed by atoms with Crippen LogP contribution in [0.4, 0.5) is 0 Å². The largest absolute Gasteiger partial charge is 0.369 e. The third-order valence-electron chi connectivity index (χ3n) is 1.40. The quantitative estimate of drug-likeness (QED) is 0.249. The Bertz CT molecular complexity index is 296. The first kappa shape index (κ1) is 15.8. The van der Waals surface area contributed by atoms with Gasteiger partial charge in [-0.2, -0.15) is 4.40 Å². The summed E-state index contributed by atoms with van der Waals surface area (Å²) in [5.41, 5.74) is -7.54. The lowest BCUT2D eigenvalue weighted by atomic mass is 9.78. The summed E-state index contributed by atoms with van der Waals surface area (Å²) in [6.07, 6.45) is 0. The molecule has 16 heavy (non-hydrogen) atoms. The van der Waals surface area contributed by atoms with Gasteiger partial charge in [0.15, 0.2) is 27.1 Å². The maximum absolute atomic E-state index is 11.5. The van der Waals surface area contributed by atoms with E-state index < -0.39 is 32.8 Å². The van der Waals surface area contributed by atoms with Gasteiger partial charge in [-0.25, -0.2) is 4.21 Å². The van der Waals surface area contributed by atoms with Crippen molar-refractivity contribution < 1.29 is 24.6 Å². The number of rotatable bonds is 3. The van der Waals surface area contributed by atoms with Crippen molar-refractivity contribution >= 4 is 32.4 Å². The molecule has 4 radical (unpaired) electrons. The summed E-state index contributed by atoms with van der Waals surface area (Å²) in [6.45, 7) is 4.64. The van der Waals surface area contributed by atoms with Crippen LogP contribution in [0.1, 0.15) is 20.8 Å². The summed E-state index contributed by atoms with van der Waals surface area (Å²) in [6, 6.07) is 0. The van der Waals surface area contributed by atoms with Gasteiger partial charge in [0.1, 0.15) is 16.7 Å². The SMILES string of the molecule is [B]C(O)(O)C(=NS(=O)C(C)(C)C)C([B])(O)O. The molecule has 0 saturated heterocycles. The lowest BCUT2D eigenvalue weighted by Crippen LogP contribution is -2.54. The van der Waals surface area contributed by atoms with Gasteiger partial charge in [0.05, 0.1) is 4.75 Å². The van der Waals surface area contributed by atoms with Gasteiger partial charge in [-0.15, -0.1) is 0 Å². The molecule has 0 aliphatic rings. The molecule has 1 atom stereocenters. The summed E-state index contributed by atoms with van der Waals surface area (Å²) in [5, 5.41) is 36.0. The fraction of sp³-hybridized carbons (Fsp3) is 0.857. The topological polar surface area (TPSA) is 110 Å². The van der Waals surface area contributed by atoms with E-state index in [4.69, 9.17) is 36.1 Å². The molecule has 0 aromatic rings. The second kappa shape index (κ2) is 4.58. The minimum absolute atomic E-state index is 0.845. The van der Waals surface area contributed by atoms with E-state index in [2.05, 4.69) is 4.40 Å². The van der Waals surface area contributed by atoms with Crippen LogP contribution in [0, 0.1) is 0 Å². The van der Waals surface area contributed by atoms with Crippen LogP contribution >= 0.6 is 0 Å². The predicted octanol–water partition coefficient (Wildman–Crippen LogP) is -2.50. The van der Waals surface area contributed by atoms with E-state index in [0.29, 0.717) is 0 Å². The predicted molar refractivity (Wildman–Crippen MR) is 61.2 cm³/mol. The Balaban J connectivity index is 5.41. The van der Waals surface area contributed by atoms with Crippen molar-refractivity contribution in [3.05, 3.63) is 0 Å². The third-order valence-corrected chi connectivity index (χ3v) is 2.79. The fourth-order valence-corrected chi connectivity index (χ4v) is 1.33. The second-order valence-corrected chi connectivity index (χ2v) is 6.16. The summed E-state index contributed by atoms with van der Waals surface area (Å²) < 4.78 is 13.9. The molecule has 0 rings (SSSR count). The van der Waals surface area contributed by atoms with Gasteiger partial charge in [0.2, 0.25) is 0 Å². The van der Waals surface area contributed by atoms with Gasteiger partial charge < -0.3 is 20.4 Å². The summed E-state index contributed by atoms with van der Waals surface area (Å²) in [5.74, 6) is 0. The summed E-state index contributed by atoms with van der Waals surface area (Å²) in [7, 11) is 7.63. The van der Waals surface area contributed by atoms with Crippen molar-refractivity contribution in [2.75, 3.05) is 0 Å². The van der Waals surface area contributed by atoms with Crippen molar-refractivity contribution in [1.82, 2.24) is 0 Å². The van der Waals surface area contributed by atoms with Gasteiger partial charge in [0, 0.05) is 0 Å². The van der Waals surface area contributed by atoms with Crippen LogP contribution in [-0.4, -0.2) is 62.2 Å². The molecule has 0 heterocycles. The minimum atomic E-state index is -3.17. The van der Waals surface area contributed by atoms with Crippen LogP contribution in [-0.2, 0) is 11.0 Å². The van der Waals surface area contributed by atoms with Crippen molar-refractivity contribution in [1.29, 1.82) is 0 Å². The van der Waals surface area contributed by atoms with Gasteiger partial charge in [-0.3, -0.25) is 0 Å². The number of nitrogens with zero attached hydrogens (tertiary/aromatic N) is 1. The normalized spacial score (nSPS) is 15.7. The van der Waals surface area contributed by atoms with E-state index >= 15 is 0 Å². The lowest BCUT2D eigenvalue weighted by molar-refractivity contribution is -0.0735. The Morgan fingerprint density at radius 3 is 1.56 bits per heavy atom. The molecule has 0 fully saturated rings. The Morgan fingerprint density at radius 1 is 1.06 bits per heavy atom. The average molecular weight is 245 g/mol. The molecule has 4 N–H and O–H groups in total. The summed E-state index contributed by atoms with van der Waals surface area (Å²) in [4.78, 5) is 0. The Kier molecular flexibility index (Phi) is 4.52. The lowest BCUT2D eigenvalue weighted by Gasteiger charge is -2.29. The monoisotopic (exact) mass is 245 g/mol. The van der Waals surface area contributed by atoms with Gasteiger partial charge in [-0.1, -0.05) is 0 Å². The number of aliphatic hydroxyl groups is 4. The average Bonchev–Trinajstić information content (AvgIpc) is 1.92. The van der Waals surface area contributed by atoms with E-state index in [9.17, 15) is 4.21 Å². The van der Waals surface area contributed by atoms with Gasteiger partial charge in [-0.05, 0) is 20.8 Å². The molecular weight excluding hydrogens is 232 g/mol. The molecule has 88 valence electrons. The van der Waals surface area contributed by atoms with Crippen molar-refractivity contribution in [3.8, 4) is 0 Å². The zero-order valence-corrected chi connectivity index (χ0v) is 10.0. The van der Waals surface area contributed by atoms with Crippen molar-refractivity contribution in [3.63, 3.8) is 0 Å². The van der Waals surface area contributed by atoms with Crippen molar-refractivity contribution in [2.45, 2.75) is 36.9 Å².